The molecule has 1 heterocycles. The van der Waals surface area contributed by atoms with Crippen LogP contribution in [0, 0.1) is 6.92 Å². The predicted molar refractivity (Wildman–Crippen MR) is 69.8 cm³/mol. The monoisotopic (exact) mass is 297 g/mol. The lowest BCUT2D eigenvalue weighted by atomic mass is 10.1. The molecular formula is C12H12IN. The number of halogens is 1. The second kappa shape index (κ2) is 5.10. The topological polar surface area (TPSA) is 12.9 Å². The Bertz CT molecular complexity index is 398. The number of hydrogen-bond donors (Lipinski definition) is 0. The first-order valence-corrected chi connectivity index (χ1v) is 4.34. The molecule has 0 fully saturated rings. The Morgan fingerprint density at radius 3 is 2.29 bits per heavy atom. The number of rotatable bonds is 1. The summed E-state index contributed by atoms with van der Waals surface area (Å²) in [6, 6.07) is 14.5. The van der Waals surface area contributed by atoms with Crippen LogP contribution in [0.5, 0.6) is 0 Å². The molecule has 0 aliphatic carbocycles. The van der Waals surface area contributed by atoms with Crippen molar-refractivity contribution in [1.29, 1.82) is 0 Å². The first-order chi connectivity index (χ1) is 6.36. The number of nitrogens with zero attached hydrogens (tertiary/aromatic N) is 1. The maximum atomic E-state index is 4.17. The molecule has 1 aromatic carbocycles. The molecule has 72 valence electrons. The number of benzene rings is 1. The molecule has 2 aromatic rings. The van der Waals surface area contributed by atoms with Crippen LogP contribution in [0.25, 0.3) is 11.1 Å². The fourth-order valence-electron chi connectivity index (χ4n) is 1.36. The second-order valence-corrected chi connectivity index (χ2v) is 3.05. The Morgan fingerprint density at radius 1 is 0.929 bits per heavy atom. The molecule has 0 atom stereocenters. The lowest BCUT2D eigenvalue weighted by Gasteiger charge is -2.00. The highest BCUT2D eigenvalue weighted by Crippen LogP contribution is 2.18. The van der Waals surface area contributed by atoms with Crippen molar-refractivity contribution in [3.8, 4) is 11.1 Å². The number of pyridine rings is 1. The Balaban J connectivity index is 0.000000980. The molecule has 2 heteroatoms. The maximum absolute atomic E-state index is 4.17. The first-order valence-electron chi connectivity index (χ1n) is 4.34. The van der Waals surface area contributed by atoms with Crippen LogP contribution in [-0.2, 0) is 0 Å². The lowest BCUT2D eigenvalue weighted by Crippen LogP contribution is -1.81. The lowest BCUT2D eigenvalue weighted by molar-refractivity contribution is 1.20. The van der Waals surface area contributed by atoms with E-state index in [1.165, 1.54) is 11.1 Å². The van der Waals surface area contributed by atoms with Gasteiger partial charge in [-0.1, -0.05) is 30.3 Å². The van der Waals surface area contributed by atoms with Crippen molar-refractivity contribution in [2.24, 2.45) is 0 Å². The number of aromatic nitrogens is 1. The molecule has 0 aliphatic rings. The summed E-state index contributed by atoms with van der Waals surface area (Å²) in [6.07, 6.45) is 1.84. The van der Waals surface area contributed by atoms with Gasteiger partial charge in [0.1, 0.15) is 0 Å². The van der Waals surface area contributed by atoms with E-state index in [-0.39, 0.29) is 24.0 Å². The van der Waals surface area contributed by atoms with E-state index in [0.29, 0.717) is 0 Å². The fraction of sp³-hybridized carbons (Fsp3) is 0.0833. The van der Waals surface area contributed by atoms with Crippen LogP contribution < -0.4 is 0 Å². The van der Waals surface area contributed by atoms with Crippen molar-refractivity contribution in [2.45, 2.75) is 6.92 Å². The van der Waals surface area contributed by atoms with Crippen LogP contribution in [0.2, 0.25) is 0 Å². The smallest absolute Gasteiger partial charge is 0.0378 e. The number of aryl methyl sites for hydroxylation is 1. The molecule has 0 saturated heterocycles. The van der Waals surface area contributed by atoms with E-state index in [1.807, 2.05) is 37.4 Å². The van der Waals surface area contributed by atoms with E-state index in [9.17, 15) is 0 Å². The molecule has 0 spiro atoms. The van der Waals surface area contributed by atoms with Gasteiger partial charge in [0.25, 0.3) is 0 Å². The van der Waals surface area contributed by atoms with Gasteiger partial charge in [0.2, 0.25) is 0 Å². The van der Waals surface area contributed by atoms with Crippen LogP contribution in [0.4, 0.5) is 0 Å². The third kappa shape index (κ3) is 2.54. The highest BCUT2D eigenvalue weighted by atomic mass is 127. The fourth-order valence-corrected chi connectivity index (χ4v) is 1.36. The van der Waals surface area contributed by atoms with Gasteiger partial charge in [-0.05, 0) is 30.2 Å². The van der Waals surface area contributed by atoms with E-state index in [0.717, 1.165) is 5.69 Å². The molecule has 0 N–H and O–H groups in total. The van der Waals surface area contributed by atoms with Crippen molar-refractivity contribution in [3.05, 3.63) is 54.4 Å². The molecule has 0 radical (unpaired) electrons. The van der Waals surface area contributed by atoms with E-state index in [1.54, 1.807) is 0 Å². The Kier molecular flexibility index (Phi) is 4.07. The van der Waals surface area contributed by atoms with Crippen LogP contribution in [0.3, 0.4) is 0 Å². The van der Waals surface area contributed by atoms with E-state index >= 15 is 0 Å². The molecule has 14 heavy (non-hydrogen) atoms. The van der Waals surface area contributed by atoms with Crippen LogP contribution >= 0.6 is 24.0 Å². The van der Waals surface area contributed by atoms with Crippen molar-refractivity contribution in [1.82, 2.24) is 4.98 Å². The maximum Gasteiger partial charge on any atom is 0.0378 e. The zero-order chi connectivity index (χ0) is 9.10. The minimum absolute atomic E-state index is 0. The zero-order valence-electron chi connectivity index (χ0n) is 7.97. The van der Waals surface area contributed by atoms with Gasteiger partial charge in [-0.2, -0.15) is 0 Å². The van der Waals surface area contributed by atoms with Gasteiger partial charge in [0.15, 0.2) is 0 Å². The molecule has 1 aromatic heterocycles. The molecule has 0 amide bonds. The molecule has 2 rings (SSSR count). The second-order valence-electron chi connectivity index (χ2n) is 3.05. The highest BCUT2D eigenvalue weighted by molar-refractivity contribution is 14.0. The van der Waals surface area contributed by atoms with Crippen molar-refractivity contribution in [3.63, 3.8) is 0 Å². The van der Waals surface area contributed by atoms with Crippen LogP contribution in [0.15, 0.2) is 48.7 Å². The first kappa shape index (κ1) is 11.2. The van der Waals surface area contributed by atoms with Gasteiger partial charge in [-0.15, -0.1) is 24.0 Å². The minimum Gasteiger partial charge on any atom is -0.262 e. The zero-order valence-corrected chi connectivity index (χ0v) is 10.3. The predicted octanol–water partition coefficient (Wildman–Crippen LogP) is 3.68. The SMILES string of the molecule is Cc1cc(-c2ccccc2)ccn1.I. The average molecular weight is 297 g/mol. The summed E-state index contributed by atoms with van der Waals surface area (Å²) in [4.78, 5) is 4.17. The summed E-state index contributed by atoms with van der Waals surface area (Å²) < 4.78 is 0. The summed E-state index contributed by atoms with van der Waals surface area (Å²) in [6.45, 7) is 2.01. The van der Waals surface area contributed by atoms with Crippen molar-refractivity contribution in [2.75, 3.05) is 0 Å². The molecular weight excluding hydrogens is 285 g/mol. The van der Waals surface area contributed by atoms with Crippen LogP contribution in [0.1, 0.15) is 5.69 Å². The summed E-state index contributed by atoms with van der Waals surface area (Å²) in [5.74, 6) is 0. The van der Waals surface area contributed by atoms with Crippen LogP contribution in [-0.4, -0.2) is 4.98 Å². The highest BCUT2D eigenvalue weighted by Gasteiger charge is 1.95. The summed E-state index contributed by atoms with van der Waals surface area (Å²) in [7, 11) is 0. The Morgan fingerprint density at radius 2 is 1.64 bits per heavy atom. The molecule has 0 bridgehead atoms. The largest absolute Gasteiger partial charge is 0.262 e. The van der Waals surface area contributed by atoms with Crippen molar-refractivity contribution < 1.29 is 0 Å². The normalized spacial score (nSPS) is 9.21. The summed E-state index contributed by atoms with van der Waals surface area (Å²) in [5.41, 5.74) is 3.53. The Hall–Kier alpha value is -0.900. The van der Waals surface area contributed by atoms with E-state index in [2.05, 4.69) is 23.2 Å². The minimum atomic E-state index is 0. The molecule has 0 aliphatic heterocycles. The summed E-state index contributed by atoms with van der Waals surface area (Å²) in [5, 5.41) is 0. The van der Waals surface area contributed by atoms with Gasteiger partial charge >= 0.3 is 0 Å². The summed E-state index contributed by atoms with van der Waals surface area (Å²) >= 11 is 0. The van der Waals surface area contributed by atoms with Gasteiger partial charge in [-0.25, -0.2) is 0 Å². The number of hydrogen-bond acceptors (Lipinski definition) is 1. The van der Waals surface area contributed by atoms with E-state index < -0.39 is 0 Å². The molecule has 0 unspecified atom stereocenters. The standard InChI is InChI=1S/C12H11N.HI/c1-10-9-12(7-8-13-10)11-5-3-2-4-6-11;/h2-9H,1H3;1H. The quantitative estimate of drug-likeness (QED) is 0.732. The van der Waals surface area contributed by atoms with Gasteiger partial charge in [0.05, 0.1) is 0 Å². The van der Waals surface area contributed by atoms with Crippen molar-refractivity contribution >= 4 is 24.0 Å². The molecule has 1 nitrogen and oxygen atoms in total. The molecule has 0 saturated carbocycles. The third-order valence-corrected chi connectivity index (χ3v) is 2.00. The third-order valence-electron chi connectivity index (χ3n) is 2.00. The van der Waals surface area contributed by atoms with E-state index in [4.69, 9.17) is 0 Å². The van der Waals surface area contributed by atoms with Gasteiger partial charge in [0, 0.05) is 11.9 Å². The van der Waals surface area contributed by atoms with Gasteiger partial charge in [-0.3, -0.25) is 4.98 Å². The average Bonchev–Trinajstić information content (AvgIpc) is 2.19. The van der Waals surface area contributed by atoms with Gasteiger partial charge < -0.3 is 0 Å². The Labute approximate surface area is 101 Å².